The molecule has 4 aliphatic heterocycles. The summed E-state index contributed by atoms with van der Waals surface area (Å²) in [6.07, 6.45) is -2.44. The van der Waals surface area contributed by atoms with Gasteiger partial charge in [-0.3, -0.25) is 9.59 Å². The Balaban J connectivity index is 1.05. The maximum absolute atomic E-state index is 14.2. The van der Waals surface area contributed by atoms with Crippen LogP contribution in [0, 0.1) is 11.8 Å². The van der Waals surface area contributed by atoms with Crippen LogP contribution < -0.4 is 11.1 Å². The molecule has 0 aliphatic carbocycles. The number of likely N-dealkylation sites (N-methyl/N-ethyl adjacent to an activating group) is 1. The molecule has 318 valence electrons. The van der Waals surface area contributed by atoms with Gasteiger partial charge in [0.2, 0.25) is 0 Å². The van der Waals surface area contributed by atoms with Gasteiger partial charge in [0.05, 0.1) is 22.7 Å². The lowest BCUT2D eigenvalue weighted by atomic mass is 9.78. The third-order valence-corrected chi connectivity index (χ3v) is 12.4. The summed E-state index contributed by atoms with van der Waals surface area (Å²) in [6, 6.07) is 9.40. The average molecular weight is 834 g/mol. The number of amides is 4. The zero-order chi connectivity index (χ0) is 41.6. The van der Waals surface area contributed by atoms with E-state index in [-0.39, 0.29) is 48.1 Å². The largest absolute Gasteiger partial charge is 0.464 e. The number of urea groups is 1. The monoisotopic (exact) mass is 833 g/mol. The molecule has 4 aliphatic rings. The smallest absolute Gasteiger partial charge is 0.418 e. The second-order valence-electron chi connectivity index (χ2n) is 16.2. The first-order valence-electron chi connectivity index (χ1n) is 20.2. The number of carbonyl (C=O) groups excluding carboxylic acids is 4. The predicted molar refractivity (Wildman–Crippen MR) is 213 cm³/mol. The van der Waals surface area contributed by atoms with E-state index in [9.17, 15) is 32.3 Å². The molecule has 0 unspecified atom stereocenters. The molecular weight excluding hydrogens is 779 g/mol. The van der Waals surface area contributed by atoms with E-state index in [0.717, 1.165) is 56.1 Å². The molecule has 4 heterocycles. The Morgan fingerprint density at radius 1 is 0.948 bits per heavy atom. The number of carbonyl (C=O) groups is 4. The number of halogens is 4. The van der Waals surface area contributed by atoms with Gasteiger partial charge < -0.3 is 45.0 Å². The number of nitrogen functional groups attached to an aromatic ring is 1. The highest BCUT2D eigenvalue weighted by Gasteiger charge is 2.39. The van der Waals surface area contributed by atoms with Crippen LogP contribution in [-0.4, -0.2) is 134 Å². The van der Waals surface area contributed by atoms with Gasteiger partial charge in [0.25, 0.3) is 5.91 Å². The highest BCUT2D eigenvalue weighted by Crippen LogP contribution is 2.39. The lowest BCUT2D eigenvalue weighted by molar-refractivity contribution is -0.144. The van der Waals surface area contributed by atoms with Gasteiger partial charge in [-0.2, -0.15) is 13.2 Å². The lowest BCUT2D eigenvalue weighted by Gasteiger charge is -2.41. The van der Waals surface area contributed by atoms with Gasteiger partial charge in [-0.05, 0) is 107 Å². The normalized spacial score (nSPS) is 19.5. The first-order valence-corrected chi connectivity index (χ1v) is 20.6. The van der Waals surface area contributed by atoms with Crippen LogP contribution in [0.25, 0.3) is 0 Å². The standard InChI is InChI=1S/C41H55ClF3N7O6/c1-48(2)21-22-57-36(53)13-16-49-14-7-28(8-15-49)29-9-17-50(18-10-29)38(54)35(25-27-23-32(41(43,44)45)37(46)33(42)24-27)58-40(56)51-19-11-31(12-20-51)52-26-30-5-3-4-6-34(30)47-39(52)55/h3-6,23-24,28-29,31,35H,7-22,25-26,46H2,1-2H3,(H,47,55)/t35-/m1/s1. The van der Waals surface area contributed by atoms with Crippen molar-refractivity contribution in [3.63, 3.8) is 0 Å². The van der Waals surface area contributed by atoms with Crippen molar-refractivity contribution in [3.05, 3.63) is 58.1 Å². The number of hydrogen-bond donors (Lipinski definition) is 2. The number of nitrogens with one attached hydrogen (secondary N) is 1. The third-order valence-electron chi connectivity index (χ3n) is 12.0. The molecule has 3 saturated heterocycles. The molecule has 0 bridgehead atoms. The summed E-state index contributed by atoms with van der Waals surface area (Å²) in [5.41, 5.74) is 5.79. The summed E-state index contributed by atoms with van der Waals surface area (Å²) in [5, 5.41) is 2.62. The fraction of sp³-hybridized carbons (Fsp3) is 0.610. The summed E-state index contributed by atoms with van der Waals surface area (Å²) >= 11 is 6.14. The van der Waals surface area contributed by atoms with E-state index < -0.39 is 35.5 Å². The molecule has 0 aromatic heterocycles. The third kappa shape index (κ3) is 11.1. The summed E-state index contributed by atoms with van der Waals surface area (Å²) in [5.74, 6) is 0.204. The van der Waals surface area contributed by atoms with Gasteiger partial charge in [0.15, 0.2) is 6.10 Å². The topological polar surface area (TPSA) is 141 Å². The average Bonchev–Trinajstić information content (AvgIpc) is 3.20. The van der Waals surface area contributed by atoms with Crippen molar-refractivity contribution >= 4 is 47.0 Å². The number of rotatable bonds is 12. The summed E-state index contributed by atoms with van der Waals surface area (Å²) in [7, 11) is 3.86. The molecule has 17 heteroatoms. The first-order chi connectivity index (χ1) is 27.7. The van der Waals surface area contributed by atoms with Gasteiger partial charge in [0, 0.05) is 64.0 Å². The fourth-order valence-electron chi connectivity index (χ4n) is 8.60. The van der Waals surface area contributed by atoms with Crippen molar-refractivity contribution in [1.29, 1.82) is 0 Å². The SMILES string of the molecule is CN(C)CCOC(=O)CCN1CCC(C2CCN(C(=O)[C@@H](Cc3cc(Cl)c(N)c(C(F)(F)F)c3)OC(=O)N3CCC(N4Cc5ccccc5NC4=O)CC3)CC2)CC1. The summed E-state index contributed by atoms with van der Waals surface area (Å²) < 4.78 is 52.9. The van der Waals surface area contributed by atoms with Crippen LogP contribution in [0.2, 0.25) is 5.02 Å². The number of para-hydroxylation sites is 1. The molecular formula is C41H55ClF3N7O6. The van der Waals surface area contributed by atoms with Gasteiger partial charge in [-0.1, -0.05) is 29.8 Å². The van der Waals surface area contributed by atoms with Crippen LogP contribution in [0.3, 0.4) is 0 Å². The zero-order valence-electron chi connectivity index (χ0n) is 33.3. The molecule has 1 atom stereocenters. The quantitative estimate of drug-likeness (QED) is 0.196. The van der Waals surface area contributed by atoms with E-state index in [1.54, 1.807) is 9.80 Å². The molecule has 4 amide bonds. The van der Waals surface area contributed by atoms with Crippen molar-refractivity contribution in [2.45, 2.75) is 76.2 Å². The number of anilines is 2. The number of fused-ring (bicyclic) bond motifs is 1. The summed E-state index contributed by atoms with van der Waals surface area (Å²) in [4.78, 5) is 62.0. The Morgan fingerprint density at radius 3 is 2.24 bits per heavy atom. The molecule has 0 radical (unpaired) electrons. The highest BCUT2D eigenvalue weighted by atomic mass is 35.5. The minimum Gasteiger partial charge on any atom is -0.464 e. The van der Waals surface area contributed by atoms with E-state index in [0.29, 0.717) is 70.4 Å². The van der Waals surface area contributed by atoms with Gasteiger partial charge >= 0.3 is 24.3 Å². The van der Waals surface area contributed by atoms with Gasteiger partial charge in [-0.15, -0.1) is 0 Å². The van der Waals surface area contributed by atoms with Crippen LogP contribution in [-0.2, 0) is 38.2 Å². The van der Waals surface area contributed by atoms with Crippen LogP contribution in [0.1, 0.15) is 61.6 Å². The molecule has 3 N–H and O–H groups in total. The lowest BCUT2D eigenvalue weighted by Crippen LogP contribution is -2.52. The first kappa shape index (κ1) is 43.3. The number of hydrogen-bond acceptors (Lipinski definition) is 9. The second kappa shape index (κ2) is 19.2. The van der Waals surface area contributed by atoms with E-state index in [1.165, 1.54) is 11.0 Å². The Kier molecular flexibility index (Phi) is 14.3. The summed E-state index contributed by atoms with van der Waals surface area (Å²) in [6.45, 7) is 5.34. The molecule has 2 aromatic rings. The Labute approximate surface area is 342 Å². The van der Waals surface area contributed by atoms with Crippen LogP contribution in [0.4, 0.5) is 34.1 Å². The minimum atomic E-state index is -4.78. The van der Waals surface area contributed by atoms with E-state index in [1.807, 2.05) is 43.3 Å². The van der Waals surface area contributed by atoms with Crippen molar-refractivity contribution in [2.24, 2.45) is 11.8 Å². The van der Waals surface area contributed by atoms with Gasteiger partial charge in [0.1, 0.15) is 6.61 Å². The number of benzene rings is 2. The van der Waals surface area contributed by atoms with E-state index >= 15 is 0 Å². The zero-order valence-corrected chi connectivity index (χ0v) is 34.0. The Hall–Kier alpha value is -4.28. The number of piperidine rings is 3. The maximum atomic E-state index is 14.2. The molecule has 2 aromatic carbocycles. The number of ether oxygens (including phenoxy) is 2. The number of esters is 1. The minimum absolute atomic E-state index is 0.0660. The van der Waals surface area contributed by atoms with Crippen LogP contribution in [0.5, 0.6) is 0 Å². The molecule has 13 nitrogen and oxygen atoms in total. The fourth-order valence-corrected chi connectivity index (χ4v) is 8.84. The molecule has 58 heavy (non-hydrogen) atoms. The van der Waals surface area contributed by atoms with Crippen molar-refractivity contribution in [1.82, 2.24) is 24.5 Å². The highest BCUT2D eigenvalue weighted by molar-refractivity contribution is 6.33. The molecule has 6 rings (SSSR count). The van der Waals surface area contributed by atoms with Crippen LogP contribution >= 0.6 is 11.6 Å². The van der Waals surface area contributed by atoms with Gasteiger partial charge in [-0.25, -0.2) is 9.59 Å². The van der Waals surface area contributed by atoms with Crippen molar-refractivity contribution in [2.75, 3.05) is 84.1 Å². The van der Waals surface area contributed by atoms with Crippen LogP contribution in [0.15, 0.2) is 36.4 Å². The molecule has 0 spiro atoms. The van der Waals surface area contributed by atoms with Crippen molar-refractivity contribution in [3.8, 4) is 0 Å². The second-order valence-corrected chi connectivity index (χ2v) is 16.6. The van der Waals surface area contributed by atoms with E-state index in [2.05, 4.69) is 10.2 Å². The van der Waals surface area contributed by atoms with E-state index in [4.69, 9.17) is 26.8 Å². The molecule has 0 saturated carbocycles. The number of alkyl halides is 3. The Morgan fingerprint density at radius 2 is 1.59 bits per heavy atom. The Bertz CT molecular complexity index is 1780. The number of nitrogens with zero attached hydrogens (tertiary/aromatic N) is 5. The maximum Gasteiger partial charge on any atom is 0.418 e. The van der Waals surface area contributed by atoms with Crippen molar-refractivity contribution < 1.29 is 41.8 Å². The predicted octanol–water partition coefficient (Wildman–Crippen LogP) is 5.95. The molecule has 3 fully saturated rings. The number of likely N-dealkylation sites (tertiary alicyclic amines) is 3. The number of nitrogens with two attached hydrogens (primary N) is 1.